The van der Waals surface area contributed by atoms with Gasteiger partial charge in [-0.05, 0) is 38.8 Å². The molecule has 3 N–H and O–H groups in total. The maximum absolute atomic E-state index is 15.1. The van der Waals surface area contributed by atoms with Gasteiger partial charge in [0.05, 0.1) is 17.5 Å². The fraction of sp³-hybridized carbons (Fsp3) is 0.500. The Bertz CT molecular complexity index is 999. The van der Waals surface area contributed by atoms with Crippen molar-refractivity contribution >= 4 is 22.6 Å². The molecular weight excluding hydrogens is 365 g/mol. The number of ether oxygens (including phenoxy) is 1. The molecule has 2 aromatic rings. The van der Waals surface area contributed by atoms with Crippen LogP contribution in [0.4, 0.5) is 10.1 Å². The highest BCUT2D eigenvalue weighted by Gasteiger charge is 2.36. The number of hydrogen-bond donors (Lipinski definition) is 2. The van der Waals surface area contributed by atoms with E-state index in [-0.39, 0.29) is 23.0 Å². The third kappa shape index (κ3) is 2.83. The quantitative estimate of drug-likeness (QED) is 0.819. The predicted molar refractivity (Wildman–Crippen MR) is 104 cm³/mol. The van der Waals surface area contributed by atoms with Crippen molar-refractivity contribution in [2.45, 2.75) is 44.2 Å². The van der Waals surface area contributed by atoms with Crippen molar-refractivity contribution in [2.24, 2.45) is 5.73 Å². The Hall–Kier alpha value is -2.61. The molecule has 3 aliphatic rings. The van der Waals surface area contributed by atoms with E-state index in [1.54, 1.807) is 0 Å². The number of hydrogen-bond acceptors (Lipinski definition) is 5. The van der Waals surface area contributed by atoms with Gasteiger partial charge in [0, 0.05) is 31.2 Å². The molecule has 1 aromatic heterocycles. The van der Waals surface area contributed by atoms with Crippen LogP contribution >= 0.6 is 0 Å². The normalized spacial score (nSPS) is 20.5. The van der Waals surface area contributed by atoms with Crippen molar-refractivity contribution in [1.29, 1.82) is 0 Å². The highest BCUT2D eigenvalue weighted by Crippen LogP contribution is 2.46. The number of nitrogens with two attached hydrogens (primary N) is 1. The van der Waals surface area contributed by atoms with E-state index < -0.39 is 17.2 Å². The first-order valence-corrected chi connectivity index (χ1v) is 9.68. The third-order valence-corrected chi connectivity index (χ3v) is 5.73. The molecule has 150 valence electrons. The smallest absolute Gasteiger partial charge is 0.341 e. The van der Waals surface area contributed by atoms with Gasteiger partial charge in [0.15, 0.2) is 11.6 Å². The molecular formula is C20H24FN3O4. The maximum atomic E-state index is 15.1. The molecule has 1 atom stereocenters. The maximum Gasteiger partial charge on any atom is 0.341 e. The summed E-state index contributed by atoms with van der Waals surface area (Å²) >= 11 is 0. The predicted octanol–water partition coefficient (Wildman–Crippen LogP) is 2.50. The molecule has 0 amide bonds. The lowest BCUT2D eigenvalue weighted by Gasteiger charge is -2.26. The van der Waals surface area contributed by atoms with E-state index in [2.05, 4.69) is 10.6 Å². The van der Waals surface area contributed by atoms with Crippen LogP contribution < -0.4 is 20.8 Å². The van der Waals surface area contributed by atoms with Gasteiger partial charge in [-0.25, -0.2) is 9.18 Å². The van der Waals surface area contributed by atoms with E-state index in [1.807, 2.05) is 4.57 Å². The van der Waals surface area contributed by atoms with Crippen molar-refractivity contribution in [3.05, 3.63) is 33.9 Å². The summed E-state index contributed by atoms with van der Waals surface area (Å²) in [6, 6.07) is 1.58. The van der Waals surface area contributed by atoms with Crippen molar-refractivity contribution < 1.29 is 19.0 Å². The molecule has 1 aromatic carbocycles. The summed E-state index contributed by atoms with van der Waals surface area (Å²) in [6.45, 7) is 1.23. The van der Waals surface area contributed by atoms with Gasteiger partial charge >= 0.3 is 5.97 Å². The van der Waals surface area contributed by atoms with Crippen LogP contribution in [0.2, 0.25) is 0 Å². The number of nitrogens with zero attached hydrogens (tertiary/aromatic N) is 2. The molecule has 2 fully saturated rings. The molecule has 3 heterocycles. The lowest BCUT2D eigenvalue weighted by Crippen LogP contribution is -2.29. The molecule has 2 aliphatic heterocycles. The van der Waals surface area contributed by atoms with Crippen molar-refractivity contribution in [1.82, 2.24) is 4.57 Å². The Morgan fingerprint density at radius 1 is 1.25 bits per heavy atom. The number of carboxylic acid groups (broad SMARTS) is 1. The molecule has 0 bridgehead atoms. The fourth-order valence-electron chi connectivity index (χ4n) is 4.37. The number of carbonyl (C=O) groups is 1. The summed E-state index contributed by atoms with van der Waals surface area (Å²) in [7, 11) is 1.50. The Kier molecular flexibility index (Phi) is 4.74. The largest absolute Gasteiger partial charge is 0.489 e. The summed E-state index contributed by atoms with van der Waals surface area (Å²) in [6.07, 6.45) is 6.06. The Morgan fingerprint density at radius 2 is 2.00 bits per heavy atom. The molecule has 7 nitrogen and oxygen atoms in total. The summed E-state index contributed by atoms with van der Waals surface area (Å²) < 4.78 is 22.8. The lowest BCUT2D eigenvalue weighted by molar-refractivity contribution is 0.0695. The zero-order valence-corrected chi connectivity index (χ0v) is 15.8. The van der Waals surface area contributed by atoms with E-state index in [1.165, 1.54) is 19.3 Å². The number of aromatic nitrogens is 1. The van der Waals surface area contributed by atoms with Gasteiger partial charge in [-0.1, -0.05) is 0 Å². The highest BCUT2D eigenvalue weighted by molar-refractivity contribution is 5.97. The number of anilines is 1. The van der Waals surface area contributed by atoms with E-state index >= 15 is 4.39 Å². The molecule has 1 saturated heterocycles. The first-order chi connectivity index (χ1) is 13.6. The molecule has 28 heavy (non-hydrogen) atoms. The average Bonchev–Trinajstić information content (AvgIpc) is 3.46. The zero-order chi connectivity index (χ0) is 20.0. The number of halogens is 1. The lowest BCUT2D eigenvalue weighted by atomic mass is 10.1. The number of benzene rings is 1. The number of pyridine rings is 1. The number of rotatable bonds is 2. The molecule has 1 aliphatic carbocycles. The van der Waals surface area contributed by atoms with Crippen LogP contribution in [0.3, 0.4) is 0 Å². The van der Waals surface area contributed by atoms with Gasteiger partial charge in [0.25, 0.3) is 0 Å². The first kappa shape index (κ1) is 18.7. The number of fused-ring (bicyclic) bond motifs is 5. The van der Waals surface area contributed by atoms with Crippen LogP contribution in [0.5, 0.6) is 5.75 Å². The zero-order valence-electron chi connectivity index (χ0n) is 15.8. The summed E-state index contributed by atoms with van der Waals surface area (Å²) in [5, 5.41) is 9.47. The average molecular weight is 389 g/mol. The Balaban J connectivity index is 0.000000932. The monoisotopic (exact) mass is 389 g/mol. The summed E-state index contributed by atoms with van der Waals surface area (Å²) in [5.74, 6) is -1.41. The van der Waals surface area contributed by atoms with Gasteiger partial charge in [-0.15, -0.1) is 0 Å². The van der Waals surface area contributed by atoms with Gasteiger partial charge in [0.1, 0.15) is 11.3 Å². The fourth-order valence-corrected chi connectivity index (χ4v) is 4.37. The molecule has 1 saturated carbocycles. The minimum atomic E-state index is -1.29. The van der Waals surface area contributed by atoms with Gasteiger partial charge in [-0.2, -0.15) is 0 Å². The van der Waals surface area contributed by atoms with Crippen molar-refractivity contribution in [3.63, 3.8) is 0 Å². The summed E-state index contributed by atoms with van der Waals surface area (Å²) in [5.41, 5.74) is 4.48. The van der Waals surface area contributed by atoms with Gasteiger partial charge in [-0.3, -0.25) is 4.79 Å². The molecule has 8 heteroatoms. The highest BCUT2D eigenvalue weighted by atomic mass is 19.1. The molecule has 0 spiro atoms. The van der Waals surface area contributed by atoms with Crippen molar-refractivity contribution in [2.75, 3.05) is 25.1 Å². The van der Waals surface area contributed by atoms with E-state index in [9.17, 15) is 14.7 Å². The second kappa shape index (κ2) is 7.09. The van der Waals surface area contributed by atoms with E-state index in [0.717, 1.165) is 38.6 Å². The Morgan fingerprint density at radius 3 is 2.68 bits per heavy atom. The minimum absolute atomic E-state index is 0.0886. The van der Waals surface area contributed by atoms with Crippen LogP contribution in [-0.4, -0.2) is 41.9 Å². The van der Waals surface area contributed by atoms with Crippen LogP contribution in [0, 0.1) is 5.82 Å². The Labute approximate surface area is 161 Å². The van der Waals surface area contributed by atoms with E-state index in [4.69, 9.17) is 4.74 Å². The molecule has 0 unspecified atom stereocenters. The van der Waals surface area contributed by atoms with Crippen LogP contribution in [0.15, 0.2) is 17.1 Å². The van der Waals surface area contributed by atoms with Gasteiger partial charge in [0.2, 0.25) is 5.43 Å². The molecule has 5 rings (SSSR count). The first-order valence-electron chi connectivity index (χ1n) is 9.68. The summed E-state index contributed by atoms with van der Waals surface area (Å²) in [4.78, 5) is 26.2. The van der Waals surface area contributed by atoms with Crippen molar-refractivity contribution in [3.8, 4) is 5.75 Å². The van der Waals surface area contributed by atoms with Gasteiger partial charge < -0.3 is 25.0 Å². The minimum Gasteiger partial charge on any atom is -0.489 e. The third-order valence-electron chi connectivity index (χ3n) is 5.73. The second-order valence-corrected chi connectivity index (χ2v) is 7.37. The number of aromatic carboxylic acids is 1. The SMILES string of the molecule is CN.O=C(O)c1cn(C2CC2)c2c3c(c(F)cc2c1=O)N1CCC[C@@H]1CCO3. The van der Waals surface area contributed by atoms with Crippen LogP contribution in [0.25, 0.3) is 10.9 Å². The second-order valence-electron chi connectivity index (χ2n) is 7.37. The van der Waals surface area contributed by atoms with E-state index in [0.29, 0.717) is 23.6 Å². The van der Waals surface area contributed by atoms with Crippen LogP contribution in [-0.2, 0) is 0 Å². The van der Waals surface area contributed by atoms with Crippen LogP contribution in [0.1, 0.15) is 48.5 Å². The number of carboxylic acids is 1. The topological polar surface area (TPSA) is 97.8 Å². The standard InChI is InChI=1S/C19H19FN2O4.CH5N/c20-14-8-12-15(18-16(14)21-6-1-2-10(21)5-7-26-18)22(11-3-4-11)9-13(17(12)23)19(24)25;1-2/h8-11H,1-7H2,(H,24,25);2H2,1H3/t10-;/m1./s1. The molecule has 0 radical (unpaired) electrons.